The summed E-state index contributed by atoms with van der Waals surface area (Å²) >= 11 is 0. The van der Waals surface area contributed by atoms with Crippen molar-refractivity contribution in [1.82, 2.24) is 15.2 Å². The number of rotatable bonds is 1. The molecule has 0 amide bonds. The van der Waals surface area contributed by atoms with Crippen LogP contribution in [0.3, 0.4) is 0 Å². The van der Waals surface area contributed by atoms with Crippen molar-refractivity contribution >= 4 is 38.5 Å². The van der Waals surface area contributed by atoms with Crippen LogP contribution in [0.5, 0.6) is 0 Å². The Kier molecular flexibility index (Phi) is 2.03. The third-order valence-corrected chi connectivity index (χ3v) is 3.40. The first-order valence-electron chi connectivity index (χ1n) is 6.05. The number of nitro groups is 1. The fraction of sp³-hybridized carbons (Fsp3) is 0. The molecule has 0 bridgehead atoms. The zero-order valence-electron chi connectivity index (χ0n) is 10.2. The minimum atomic E-state index is -0.410. The molecule has 2 aromatic heterocycles. The first-order chi connectivity index (χ1) is 9.74. The quantitative estimate of drug-likeness (QED) is 0.422. The number of H-pyrrole nitrogens is 1. The molecule has 0 saturated carbocycles. The molecule has 20 heavy (non-hydrogen) atoms. The molecule has 6 heteroatoms. The van der Waals surface area contributed by atoms with Gasteiger partial charge in [-0.15, -0.1) is 10.2 Å². The zero-order valence-corrected chi connectivity index (χ0v) is 10.2. The monoisotopic (exact) mass is 264 g/mol. The van der Waals surface area contributed by atoms with Gasteiger partial charge in [-0.25, -0.2) is 0 Å². The van der Waals surface area contributed by atoms with E-state index in [1.807, 2.05) is 24.3 Å². The van der Waals surface area contributed by atoms with Gasteiger partial charge in [-0.05, 0) is 12.1 Å². The van der Waals surface area contributed by atoms with Crippen LogP contribution in [0.2, 0.25) is 0 Å². The van der Waals surface area contributed by atoms with Crippen molar-refractivity contribution in [2.45, 2.75) is 0 Å². The lowest BCUT2D eigenvalue weighted by atomic mass is 10.2. The van der Waals surface area contributed by atoms with Crippen molar-refractivity contribution in [1.29, 1.82) is 0 Å². The van der Waals surface area contributed by atoms with Crippen molar-refractivity contribution in [3.8, 4) is 0 Å². The molecule has 6 nitrogen and oxygen atoms in total. The van der Waals surface area contributed by atoms with Gasteiger partial charge < -0.3 is 4.98 Å². The number of non-ortho nitro benzene ring substituents is 1. The van der Waals surface area contributed by atoms with Crippen LogP contribution < -0.4 is 0 Å². The summed E-state index contributed by atoms with van der Waals surface area (Å²) in [5.74, 6) is 0. The number of aromatic amines is 1. The van der Waals surface area contributed by atoms with E-state index < -0.39 is 4.92 Å². The van der Waals surface area contributed by atoms with E-state index in [0.29, 0.717) is 10.9 Å². The first kappa shape index (κ1) is 10.9. The Morgan fingerprint density at radius 3 is 2.75 bits per heavy atom. The minimum absolute atomic E-state index is 0.0494. The molecular weight excluding hydrogens is 256 g/mol. The summed E-state index contributed by atoms with van der Waals surface area (Å²) in [5.41, 5.74) is 3.17. The van der Waals surface area contributed by atoms with Gasteiger partial charge in [-0.3, -0.25) is 10.1 Å². The third-order valence-electron chi connectivity index (χ3n) is 3.40. The summed E-state index contributed by atoms with van der Waals surface area (Å²) in [6.07, 6.45) is 0. The molecule has 0 aliphatic heterocycles. The average molecular weight is 264 g/mol. The number of nitrogens with zero attached hydrogens (tertiary/aromatic N) is 3. The molecule has 0 radical (unpaired) electrons. The Labute approximate surface area is 112 Å². The van der Waals surface area contributed by atoms with Crippen molar-refractivity contribution in [3.05, 3.63) is 52.6 Å². The van der Waals surface area contributed by atoms with Crippen LogP contribution >= 0.6 is 0 Å². The number of fused-ring (bicyclic) bond motifs is 5. The van der Waals surface area contributed by atoms with E-state index in [2.05, 4.69) is 15.2 Å². The second-order valence-electron chi connectivity index (χ2n) is 4.55. The van der Waals surface area contributed by atoms with Gasteiger partial charge in [-0.2, -0.15) is 0 Å². The van der Waals surface area contributed by atoms with Gasteiger partial charge in [0.25, 0.3) is 5.69 Å². The lowest BCUT2D eigenvalue weighted by molar-refractivity contribution is -0.384. The molecule has 96 valence electrons. The highest BCUT2D eigenvalue weighted by Crippen LogP contribution is 2.30. The maximum atomic E-state index is 10.9. The predicted molar refractivity (Wildman–Crippen MR) is 75.6 cm³/mol. The Morgan fingerprint density at radius 2 is 1.90 bits per heavy atom. The number of aromatic nitrogens is 3. The van der Waals surface area contributed by atoms with Gasteiger partial charge in [-0.1, -0.05) is 18.2 Å². The molecule has 0 fully saturated rings. The van der Waals surface area contributed by atoms with Gasteiger partial charge in [0, 0.05) is 28.4 Å². The van der Waals surface area contributed by atoms with Crippen LogP contribution in [0.1, 0.15) is 0 Å². The Balaban J connectivity index is 2.19. The molecule has 4 aromatic rings. The van der Waals surface area contributed by atoms with Crippen molar-refractivity contribution in [2.75, 3.05) is 0 Å². The third kappa shape index (κ3) is 1.38. The standard InChI is InChI=1S/C14H8N4O2/c19-18(20)8-5-6-11-10(7-8)14-13(15-11)9-3-1-2-4-12(9)16-17-14/h1-7,15H. The van der Waals surface area contributed by atoms with E-state index >= 15 is 0 Å². The molecule has 0 unspecified atom stereocenters. The Bertz CT molecular complexity index is 990. The zero-order chi connectivity index (χ0) is 13.7. The number of hydrogen-bond donors (Lipinski definition) is 1. The maximum Gasteiger partial charge on any atom is 0.270 e. The molecular formula is C14H8N4O2. The summed E-state index contributed by atoms with van der Waals surface area (Å²) in [5, 5.41) is 20.9. The number of benzene rings is 2. The highest BCUT2D eigenvalue weighted by atomic mass is 16.6. The topological polar surface area (TPSA) is 84.7 Å². The summed E-state index contributed by atoms with van der Waals surface area (Å²) in [7, 11) is 0. The van der Waals surface area contributed by atoms with Gasteiger partial charge >= 0.3 is 0 Å². The summed E-state index contributed by atoms with van der Waals surface area (Å²) < 4.78 is 0. The molecule has 0 saturated heterocycles. The maximum absolute atomic E-state index is 10.9. The van der Waals surface area contributed by atoms with E-state index in [0.717, 1.165) is 21.9 Å². The number of nitrogens with one attached hydrogen (secondary N) is 1. The second-order valence-corrected chi connectivity index (χ2v) is 4.55. The van der Waals surface area contributed by atoms with E-state index in [1.165, 1.54) is 12.1 Å². The van der Waals surface area contributed by atoms with Crippen LogP contribution in [0.15, 0.2) is 42.5 Å². The molecule has 0 spiro atoms. The average Bonchev–Trinajstić information content (AvgIpc) is 2.85. The van der Waals surface area contributed by atoms with Crippen molar-refractivity contribution in [2.24, 2.45) is 0 Å². The van der Waals surface area contributed by atoms with Gasteiger partial charge in [0.1, 0.15) is 5.52 Å². The molecule has 4 rings (SSSR count). The van der Waals surface area contributed by atoms with E-state index in [9.17, 15) is 10.1 Å². The largest absolute Gasteiger partial charge is 0.353 e. The van der Waals surface area contributed by atoms with E-state index in [-0.39, 0.29) is 5.69 Å². The second kappa shape index (κ2) is 3.74. The number of nitro benzene ring substituents is 1. The van der Waals surface area contributed by atoms with Crippen molar-refractivity contribution in [3.63, 3.8) is 0 Å². The SMILES string of the molecule is O=[N+]([O-])c1ccc2[nH]c3c4ccccc4nnc3c2c1. The van der Waals surface area contributed by atoms with Crippen LogP contribution in [0.4, 0.5) is 5.69 Å². The fourth-order valence-corrected chi connectivity index (χ4v) is 2.45. The lowest BCUT2D eigenvalue weighted by Gasteiger charge is -1.96. The highest BCUT2D eigenvalue weighted by Gasteiger charge is 2.13. The van der Waals surface area contributed by atoms with E-state index in [1.54, 1.807) is 6.07 Å². The van der Waals surface area contributed by atoms with Crippen molar-refractivity contribution < 1.29 is 4.92 Å². The highest BCUT2D eigenvalue weighted by molar-refractivity contribution is 6.13. The minimum Gasteiger partial charge on any atom is -0.353 e. The molecule has 1 N–H and O–H groups in total. The van der Waals surface area contributed by atoms with Gasteiger partial charge in [0.2, 0.25) is 0 Å². The fourth-order valence-electron chi connectivity index (χ4n) is 2.45. The first-order valence-corrected chi connectivity index (χ1v) is 6.05. The molecule has 0 atom stereocenters. The van der Waals surface area contributed by atoms with Crippen LogP contribution in [-0.2, 0) is 0 Å². The van der Waals surface area contributed by atoms with E-state index in [4.69, 9.17) is 0 Å². The van der Waals surface area contributed by atoms with Crippen LogP contribution in [-0.4, -0.2) is 20.1 Å². The van der Waals surface area contributed by atoms with Crippen LogP contribution in [0.25, 0.3) is 32.8 Å². The molecule has 2 aromatic carbocycles. The lowest BCUT2D eigenvalue weighted by Crippen LogP contribution is -1.87. The van der Waals surface area contributed by atoms with Crippen LogP contribution in [0, 0.1) is 10.1 Å². The van der Waals surface area contributed by atoms with Gasteiger partial charge in [0.05, 0.1) is 16.0 Å². The molecule has 0 aliphatic carbocycles. The molecule has 0 aliphatic rings. The smallest absolute Gasteiger partial charge is 0.270 e. The Morgan fingerprint density at radius 1 is 1.05 bits per heavy atom. The Hall–Kier alpha value is -3.02. The van der Waals surface area contributed by atoms with Gasteiger partial charge in [0.15, 0.2) is 0 Å². The summed E-state index contributed by atoms with van der Waals surface area (Å²) in [6, 6.07) is 12.4. The summed E-state index contributed by atoms with van der Waals surface area (Å²) in [6.45, 7) is 0. The normalized spacial score (nSPS) is 11.4. The summed E-state index contributed by atoms with van der Waals surface area (Å²) in [4.78, 5) is 13.7. The molecule has 2 heterocycles. The number of hydrogen-bond acceptors (Lipinski definition) is 4. The predicted octanol–water partition coefficient (Wildman–Crippen LogP) is 3.17.